The molecule has 0 aliphatic heterocycles. The van der Waals surface area contributed by atoms with Crippen LogP contribution < -0.4 is 0 Å². The smallest absolute Gasteiger partial charge is 0.396 e. The molecule has 6 nitrogen and oxygen atoms in total. The number of rotatable bonds is 9. The quantitative estimate of drug-likeness (QED) is 0.368. The van der Waals surface area contributed by atoms with Crippen LogP contribution in [-0.2, 0) is 9.09 Å². The molecular formula is C7H17NO5P+. The Morgan fingerprint density at radius 1 is 1.14 bits per heavy atom. The Labute approximate surface area is 84.1 Å². The highest BCUT2D eigenvalue weighted by Gasteiger charge is 2.15. The van der Waals surface area contributed by atoms with Crippen LogP contribution in [0.5, 0.6) is 0 Å². The molecule has 1 unspecified atom stereocenters. The van der Waals surface area contributed by atoms with Crippen molar-refractivity contribution < 1.29 is 24.2 Å². The lowest BCUT2D eigenvalue weighted by Gasteiger charge is -2.17. The van der Waals surface area contributed by atoms with Gasteiger partial charge >= 0.3 is 8.25 Å². The number of hydrogen-bond donors (Lipinski definition) is 3. The van der Waals surface area contributed by atoms with E-state index in [1.807, 2.05) is 0 Å². The van der Waals surface area contributed by atoms with Gasteiger partial charge in [-0.1, -0.05) is 0 Å². The molecule has 0 radical (unpaired) electrons. The molecule has 84 valence electrons. The minimum absolute atomic E-state index is 0.0473. The molecule has 0 saturated heterocycles. The maximum absolute atomic E-state index is 10.3. The topological polar surface area (TPSA) is 90.2 Å². The number of hydrogen-bond acceptors (Lipinski definition) is 5. The predicted octanol–water partition coefficient (Wildman–Crippen LogP) is -0.323. The highest BCUT2D eigenvalue weighted by Crippen LogP contribution is 2.14. The van der Waals surface area contributed by atoms with E-state index in [0.29, 0.717) is 25.9 Å². The zero-order valence-electron chi connectivity index (χ0n) is 8.00. The summed E-state index contributed by atoms with van der Waals surface area (Å²) in [5.74, 6) is 0. The van der Waals surface area contributed by atoms with Gasteiger partial charge in [0.05, 0.1) is 0 Å². The maximum Gasteiger partial charge on any atom is 0.696 e. The molecule has 0 aromatic rings. The van der Waals surface area contributed by atoms with Gasteiger partial charge in [0, 0.05) is 30.9 Å². The van der Waals surface area contributed by atoms with Crippen molar-refractivity contribution in [2.24, 2.45) is 0 Å². The minimum atomic E-state index is -2.58. The van der Waals surface area contributed by atoms with Gasteiger partial charge in [-0.15, -0.1) is 9.42 Å². The molecule has 0 fully saturated rings. The lowest BCUT2D eigenvalue weighted by Crippen LogP contribution is -2.28. The average Bonchev–Trinajstić information content (AvgIpc) is 2.16. The van der Waals surface area contributed by atoms with E-state index in [2.05, 4.69) is 4.52 Å². The number of aliphatic hydroxyl groups excluding tert-OH is 2. The third-order valence-electron chi connectivity index (χ3n) is 1.62. The molecule has 1 atom stereocenters. The van der Waals surface area contributed by atoms with Crippen LogP contribution in [0.1, 0.15) is 12.8 Å². The molecule has 0 aliphatic rings. The van der Waals surface area contributed by atoms with Crippen molar-refractivity contribution in [3.05, 3.63) is 0 Å². The molecule has 3 N–H and O–H groups in total. The first-order valence-corrected chi connectivity index (χ1v) is 5.57. The Kier molecular flexibility index (Phi) is 9.39. The molecule has 0 rings (SSSR count). The fourth-order valence-corrected chi connectivity index (χ4v) is 1.22. The average molecular weight is 226 g/mol. The van der Waals surface area contributed by atoms with E-state index in [0.717, 1.165) is 0 Å². The molecule has 7 heteroatoms. The Bertz CT molecular complexity index is 149. The fraction of sp³-hybridized carbons (Fsp3) is 1.00. The zero-order chi connectivity index (χ0) is 10.8. The summed E-state index contributed by atoms with van der Waals surface area (Å²) in [5, 5.41) is 17.2. The van der Waals surface area contributed by atoms with Crippen LogP contribution in [-0.4, -0.2) is 53.0 Å². The van der Waals surface area contributed by atoms with Gasteiger partial charge in [0.15, 0.2) is 6.73 Å². The van der Waals surface area contributed by atoms with Gasteiger partial charge in [-0.25, -0.2) is 0 Å². The second-order valence-corrected chi connectivity index (χ2v) is 3.50. The predicted molar refractivity (Wildman–Crippen MR) is 50.8 cm³/mol. The first-order valence-electron chi connectivity index (χ1n) is 4.43. The van der Waals surface area contributed by atoms with E-state index in [-0.39, 0.29) is 19.9 Å². The highest BCUT2D eigenvalue weighted by atomic mass is 31.1. The lowest BCUT2D eigenvalue weighted by molar-refractivity contribution is 0.105. The Balaban J connectivity index is 3.65. The minimum Gasteiger partial charge on any atom is -0.396 e. The maximum atomic E-state index is 10.3. The van der Waals surface area contributed by atoms with Crippen LogP contribution in [0.15, 0.2) is 0 Å². The summed E-state index contributed by atoms with van der Waals surface area (Å²) in [5.41, 5.74) is 0. The first-order chi connectivity index (χ1) is 6.70. The van der Waals surface area contributed by atoms with Gasteiger partial charge < -0.3 is 10.2 Å². The van der Waals surface area contributed by atoms with E-state index in [4.69, 9.17) is 15.1 Å². The van der Waals surface area contributed by atoms with Crippen molar-refractivity contribution in [3.8, 4) is 0 Å². The van der Waals surface area contributed by atoms with E-state index in [9.17, 15) is 4.57 Å². The molecule has 0 aromatic heterocycles. The second kappa shape index (κ2) is 9.45. The van der Waals surface area contributed by atoms with Gasteiger partial charge in [0.25, 0.3) is 0 Å². The largest absolute Gasteiger partial charge is 0.696 e. The van der Waals surface area contributed by atoms with Crippen molar-refractivity contribution in [1.29, 1.82) is 0 Å². The summed E-state index contributed by atoms with van der Waals surface area (Å²) in [6.45, 7) is 1.35. The van der Waals surface area contributed by atoms with Crippen molar-refractivity contribution in [3.63, 3.8) is 0 Å². The van der Waals surface area contributed by atoms with Gasteiger partial charge in [-0.3, -0.25) is 4.90 Å². The number of nitrogens with zero attached hydrogens (tertiary/aromatic N) is 1. The van der Waals surface area contributed by atoms with E-state index in [1.165, 1.54) is 0 Å². The van der Waals surface area contributed by atoms with E-state index in [1.54, 1.807) is 4.90 Å². The fourth-order valence-electron chi connectivity index (χ4n) is 0.961. The Hall–Kier alpha value is -0.100. The van der Waals surface area contributed by atoms with Gasteiger partial charge in [0.1, 0.15) is 0 Å². The molecule has 0 aliphatic carbocycles. The monoisotopic (exact) mass is 226 g/mol. The molecule has 0 bridgehead atoms. The molecule has 0 amide bonds. The van der Waals surface area contributed by atoms with Crippen molar-refractivity contribution in [2.75, 3.05) is 33.0 Å². The zero-order valence-corrected chi connectivity index (χ0v) is 8.90. The first kappa shape index (κ1) is 13.9. The van der Waals surface area contributed by atoms with E-state index < -0.39 is 8.25 Å². The van der Waals surface area contributed by atoms with Crippen LogP contribution in [0.3, 0.4) is 0 Å². The molecule has 0 spiro atoms. The lowest BCUT2D eigenvalue weighted by atomic mass is 10.3. The highest BCUT2D eigenvalue weighted by molar-refractivity contribution is 7.32. The van der Waals surface area contributed by atoms with Crippen LogP contribution in [0, 0.1) is 0 Å². The molecule has 14 heavy (non-hydrogen) atoms. The Morgan fingerprint density at radius 2 is 1.64 bits per heavy atom. The van der Waals surface area contributed by atoms with Crippen molar-refractivity contribution in [1.82, 2.24) is 4.90 Å². The van der Waals surface area contributed by atoms with Crippen molar-refractivity contribution in [2.45, 2.75) is 12.8 Å². The molecule has 0 saturated carbocycles. The van der Waals surface area contributed by atoms with Crippen LogP contribution >= 0.6 is 8.25 Å². The third-order valence-corrected chi connectivity index (χ3v) is 1.95. The van der Waals surface area contributed by atoms with E-state index >= 15 is 0 Å². The molecule has 0 aromatic carbocycles. The summed E-state index contributed by atoms with van der Waals surface area (Å²) in [6.07, 6.45) is 1.16. The Morgan fingerprint density at radius 3 is 2.00 bits per heavy atom. The van der Waals surface area contributed by atoms with Crippen LogP contribution in [0.2, 0.25) is 0 Å². The van der Waals surface area contributed by atoms with Crippen LogP contribution in [0.4, 0.5) is 0 Å². The van der Waals surface area contributed by atoms with Gasteiger partial charge in [-0.2, -0.15) is 0 Å². The summed E-state index contributed by atoms with van der Waals surface area (Å²) < 4.78 is 14.8. The standard InChI is InChI=1S/C7H16NO5P/c9-5-1-3-8(4-2-6-10)7-13-14(11)12/h9-10H,1-7H2/p+1. The molecule has 0 heterocycles. The van der Waals surface area contributed by atoms with Crippen molar-refractivity contribution >= 4 is 8.25 Å². The van der Waals surface area contributed by atoms with Gasteiger partial charge in [0.2, 0.25) is 0 Å². The summed E-state index contributed by atoms with van der Waals surface area (Å²) >= 11 is 0. The summed E-state index contributed by atoms with van der Waals surface area (Å²) in [6, 6.07) is 0. The summed E-state index contributed by atoms with van der Waals surface area (Å²) in [4.78, 5) is 10.2. The normalized spacial score (nSPS) is 12.1. The molecular weight excluding hydrogens is 209 g/mol. The van der Waals surface area contributed by atoms with Gasteiger partial charge in [-0.05, 0) is 12.8 Å². The third kappa shape index (κ3) is 8.50. The SMILES string of the molecule is O=[P+](O)OCN(CCCO)CCCO. The second-order valence-electron chi connectivity index (χ2n) is 2.77. The van der Waals surface area contributed by atoms with Crippen LogP contribution in [0.25, 0.3) is 0 Å². The summed E-state index contributed by atoms with van der Waals surface area (Å²) in [7, 11) is -2.58. The number of aliphatic hydroxyl groups is 2.